The van der Waals surface area contributed by atoms with Crippen molar-refractivity contribution in [2.24, 2.45) is 11.8 Å². The largest absolute Gasteiger partial charge is 0.472 e. The topological polar surface area (TPSA) is 237 Å². The number of rotatable bonds is 77. The van der Waals surface area contributed by atoms with E-state index in [0.29, 0.717) is 25.7 Å². The van der Waals surface area contributed by atoms with Crippen molar-refractivity contribution in [3.05, 3.63) is 0 Å². The molecule has 0 saturated heterocycles. The summed E-state index contributed by atoms with van der Waals surface area (Å²) in [5.74, 6) is -0.601. The quantitative estimate of drug-likeness (QED) is 0.0222. The van der Waals surface area contributed by atoms with Crippen LogP contribution < -0.4 is 0 Å². The molecular weight excluding hydrogens is 1270 g/mol. The fourth-order valence-electron chi connectivity index (χ4n) is 12.0. The van der Waals surface area contributed by atoms with Gasteiger partial charge >= 0.3 is 39.5 Å². The van der Waals surface area contributed by atoms with Crippen LogP contribution >= 0.6 is 15.6 Å². The van der Waals surface area contributed by atoms with Crippen LogP contribution in [0.15, 0.2) is 0 Å². The Balaban J connectivity index is 5.27. The first-order chi connectivity index (χ1) is 46.9. The minimum absolute atomic E-state index is 0.106. The first-order valence-electron chi connectivity index (χ1n) is 40.5. The summed E-state index contributed by atoms with van der Waals surface area (Å²) in [6.07, 6.45) is 58.1. The van der Waals surface area contributed by atoms with E-state index >= 15 is 0 Å². The molecule has 97 heavy (non-hydrogen) atoms. The van der Waals surface area contributed by atoms with E-state index in [1.54, 1.807) is 0 Å². The second-order valence-corrected chi connectivity index (χ2v) is 32.0. The van der Waals surface area contributed by atoms with Gasteiger partial charge in [-0.1, -0.05) is 356 Å². The average molecular weight is 1420 g/mol. The van der Waals surface area contributed by atoms with Crippen LogP contribution in [0.25, 0.3) is 0 Å². The molecule has 0 aliphatic carbocycles. The first-order valence-corrected chi connectivity index (χ1v) is 43.5. The summed E-state index contributed by atoms with van der Waals surface area (Å²) < 4.78 is 68.6. The molecule has 0 aromatic rings. The van der Waals surface area contributed by atoms with Gasteiger partial charge in [-0.05, 0) is 37.5 Å². The minimum Gasteiger partial charge on any atom is -0.462 e. The zero-order chi connectivity index (χ0) is 71.4. The maximum atomic E-state index is 13.1. The molecule has 0 rings (SSSR count). The van der Waals surface area contributed by atoms with E-state index in [-0.39, 0.29) is 25.7 Å². The number of carbonyl (C=O) groups excluding carboxylic acids is 4. The standard InChI is InChI=1S/C78H152O17P2/c1-7-9-11-13-15-17-19-21-23-25-27-31-37-44-50-56-62-77(82)94-73(66-88-75(80)60-54-48-42-36-30-26-24-22-20-18-16-14-12-10-8-2)68-92-96(84,85)90-64-72(79)65-91-97(86,87)93-69-74(67-89-76(81)61-55-49-43-39-33-35-41-47-53-59-71(5)6)95-78(83)63-57-51-45-38-32-28-29-34-40-46-52-58-70(3)4/h70-74,79H,7-69H2,1-6H3,(H,84,85)(H,86,87)/t72-,73-,74-/m1/s1. The van der Waals surface area contributed by atoms with Crippen LogP contribution in [0, 0.1) is 11.8 Å². The van der Waals surface area contributed by atoms with Gasteiger partial charge in [0, 0.05) is 25.7 Å². The number of esters is 4. The minimum atomic E-state index is -4.96. The van der Waals surface area contributed by atoms with E-state index in [2.05, 4.69) is 41.5 Å². The van der Waals surface area contributed by atoms with Crippen molar-refractivity contribution in [3.8, 4) is 0 Å². The van der Waals surface area contributed by atoms with Crippen LogP contribution in [0.3, 0.4) is 0 Å². The van der Waals surface area contributed by atoms with Crippen molar-refractivity contribution in [1.29, 1.82) is 0 Å². The molecule has 0 fully saturated rings. The van der Waals surface area contributed by atoms with Crippen LogP contribution in [-0.2, 0) is 65.4 Å². The van der Waals surface area contributed by atoms with Crippen molar-refractivity contribution < 1.29 is 80.2 Å². The number of hydrogen-bond donors (Lipinski definition) is 3. The highest BCUT2D eigenvalue weighted by atomic mass is 31.2. The average Bonchev–Trinajstić information content (AvgIpc) is 1.10. The highest BCUT2D eigenvalue weighted by molar-refractivity contribution is 7.47. The highest BCUT2D eigenvalue weighted by Crippen LogP contribution is 2.45. The van der Waals surface area contributed by atoms with Crippen LogP contribution in [0.2, 0.25) is 0 Å². The Morgan fingerprint density at radius 2 is 0.474 bits per heavy atom. The van der Waals surface area contributed by atoms with Gasteiger partial charge in [0.1, 0.15) is 19.3 Å². The van der Waals surface area contributed by atoms with E-state index in [1.165, 1.54) is 225 Å². The van der Waals surface area contributed by atoms with Gasteiger partial charge in [-0.15, -0.1) is 0 Å². The van der Waals surface area contributed by atoms with E-state index in [9.17, 15) is 43.2 Å². The number of phosphoric ester groups is 2. The SMILES string of the molecule is CCCCCCCCCCCCCCCCCCC(=O)O[C@H](COC(=O)CCCCCCCCCCCCCCCCC)COP(=O)(O)OC[C@@H](O)COP(=O)(O)OC[C@@H](COC(=O)CCCCCCCCCCCC(C)C)OC(=O)CCCCCCCCCCCCCC(C)C. The Bertz CT molecular complexity index is 1870. The van der Waals surface area contributed by atoms with Gasteiger partial charge in [-0.2, -0.15) is 0 Å². The van der Waals surface area contributed by atoms with Crippen molar-refractivity contribution in [3.63, 3.8) is 0 Å². The molecule has 0 amide bonds. The molecule has 0 saturated carbocycles. The van der Waals surface area contributed by atoms with Gasteiger partial charge < -0.3 is 33.8 Å². The Labute approximate surface area is 594 Å². The number of unbranched alkanes of at least 4 members (excludes halogenated alkanes) is 47. The Morgan fingerprint density at radius 1 is 0.278 bits per heavy atom. The van der Waals surface area contributed by atoms with E-state index < -0.39 is 97.5 Å². The van der Waals surface area contributed by atoms with Crippen LogP contribution in [0.1, 0.15) is 408 Å². The summed E-state index contributed by atoms with van der Waals surface area (Å²) >= 11 is 0. The zero-order valence-corrected chi connectivity index (χ0v) is 65.2. The van der Waals surface area contributed by atoms with Crippen LogP contribution in [0.5, 0.6) is 0 Å². The smallest absolute Gasteiger partial charge is 0.462 e. The molecule has 0 aliphatic heterocycles. The van der Waals surface area contributed by atoms with Crippen LogP contribution in [-0.4, -0.2) is 96.7 Å². The van der Waals surface area contributed by atoms with Crippen molar-refractivity contribution in [1.82, 2.24) is 0 Å². The molecule has 17 nitrogen and oxygen atoms in total. The fraction of sp³-hybridized carbons (Fsp3) is 0.949. The number of hydrogen-bond acceptors (Lipinski definition) is 15. The number of carbonyl (C=O) groups is 4. The van der Waals surface area contributed by atoms with Gasteiger partial charge in [0.2, 0.25) is 0 Å². The third-order valence-electron chi connectivity index (χ3n) is 18.2. The zero-order valence-electron chi connectivity index (χ0n) is 63.4. The summed E-state index contributed by atoms with van der Waals surface area (Å²) in [4.78, 5) is 72.9. The second-order valence-electron chi connectivity index (χ2n) is 29.1. The van der Waals surface area contributed by atoms with E-state index in [1.807, 2.05) is 0 Å². The van der Waals surface area contributed by atoms with Crippen molar-refractivity contribution in [2.45, 2.75) is 426 Å². The molecule has 0 bridgehead atoms. The number of phosphoric acid groups is 2. The third-order valence-corrected chi connectivity index (χ3v) is 20.1. The van der Waals surface area contributed by atoms with E-state index in [0.717, 1.165) is 102 Å². The second kappa shape index (κ2) is 69.8. The van der Waals surface area contributed by atoms with Gasteiger partial charge in [0.25, 0.3) is 0 Å². The van der Waals surface area contributed by atoms with Crippen molar-refractivity contribution >= 4 is 39.5 Å². The molecular formula is C78H152O17P2. The summed E-state index contributed by atoms with van der Waals surface area (Å²) in [6.45, 7) is 9.60. The fourth-order valence-corrected chi connectivity index (χ4v) is 13.6. The lowest BCUT2D eigenvalue weighted by Gasteiger charge is -2.21. The maximum Gasteiger partial charge on any atom is 0.472 e. The lowest BCUT2D eigenvalue weighted by molar-refractivity contribution is -0.161. The molecule has 5 atom stereocenters. The van der Waals surface area contributed by atoms with E-state index in [4.69, 9.17) is 37.0 Å². The molecule has 0 aromatic heterocycles. The summed E-state index contributed by atoms with van der Waals surface area (Å²) in [5.41, 5.74) is 0. The Kier molecular flexibility index (Phi) is 68.4. The van der Waals surface area contributed by atoms with Gasteiger partial charge in [-0.3, -0.25) is 37.3 Å². The normalized spacial score (nSPS) is 14.0. The predicted molar refractivity (Wildman–Crippen MR) is 395 cm³/mol. The van der Waals surface area contributed by atoms with Crippen LogP contribution in [0.4, 0.5) is 0 Å². The summed E-state index contributed by atoms with van der Waals surface area (Å²) in [7, 11) is -9.92. The summed E-state index contributed by atoms with van der Waals surface area (Å²) in [6, 6.07) is 0. The van der Waals surface area contributed by atoms with Gasteiger partial charge in [-0.25, -0.2) is 9.13 Å². The predicted octanol–water partition coefficient (Wildman–Crippen LogP) is 23.1. The monoisotopic (exact) mass is 1420 g/mol. The first kappa shape index (κ1) is 95.1. The maximum absolute atomic E-state index is 13.1. The number of aliphatic hydroxyl groups excluding tert-OH is 1. The summed E-state index contributed by atoms with van der Waals surface area (Å²) in [5, 5.41) is 10.6. The molecule has 0 heterocycles. The van der Waals surface area contributed by atoms with Crippen molar-refractivity contribution in [2.75, 3.05) is 39.6 Å². The molecule has 3 N–H and O–H groups in total. The Morgan fingerprint density at radius 3 is 0.701 bits per heavy atom. The van der Waals surface area contributed by atoms with Gasteiger partial charge in [0.05, 0.1) is 26.4 Å². The highest BCUT2D eigenvalue weighted by Gasteiger charge is 2.30. The molecule has 19 heteroatoms. The molecule has 0 aromatic carbocycles. The number of aliphatic hydroxyl groups is 1. The lowest BCUT2D eigenvalue weighted by atomic mass is 10.0. The molecule has 0 spiro atoms. The lowest BCUT2D eigenvalue weighted by Crippen LogP contribution is -2.30. The molecule has 576 valence electrons. The molecule has 0 radical (unpaired) electrons. The molecule has 0 aliphatic rings. The third kappa shape index (κ3) is 72.2. The Hall–Kier alpha value is -1.94. The number of ether oxygens (including phenoxy) is 4. The molecule has 2 unspecified atom stereocenters. The van der Waals surface area contributed by atoms with Gasteiger partial charge in [0.15, 0.2) is 12.2 Å².